The molecule has 0 N–H and O–H groups in total. The Morgan fingerprint density at radius 3 is 2.42 bits per heavy atom. The predicted octanol–water partition coefficient (Wildman–Crippen LogP) is 2.86. The van der Waals surface area contributed by atoms with E-state index in [0.29, 0.717) is 19.4 Å². The van der Waals surface area contributed by atoms with Crippen LogP contribution >= 0.6 is 0 Å². The summed E-state index contributed by atoms with van der Waals surface area (Å²) < 4.78 is 10.4. The second-order valence-corrected chi connectivity index (χ2v) is 5.99. The molecule has 0 saturated heterocycles. The molecule has 0 aromatic rings. The molecule has 1 saturated carbocycles. The minimum absolute atomic E-state index is 0.300. The highest BCUT2D eigenvalue weighted by Crippen LogP contribution is 2.35. The molecule has 19 heavy (non-hydrogen) atoms. The maximum absolute atomic E-state index is 12.2. The second-order valence-electron chi connectivity index (χ2n) is 5.99. The summed E-state index contributed by atoms with van der Waals surface area (Å²) in [5, 5.41) is 0. The highest BCUT2D eigenvalue weighted by molar-refractivity contribution is 5.83. The normalized spacial score (nSPS) is 23.9. The summed E-state index contributed by atoms with van der Waals surface area (Å²) in [5.74, 6) is -1.49. The molecule has 1 aliphatic rings. The van der Waals surface area contributed by atoms with Crippen LogP contribution in [-0.2, 0) is 19.1 Å². The van der Waals surface area contributed by atoms with Gasteiger partial charge in [-0.2, -0.15) is 0 Å². The molecule has 4 nitrogen and oxygen atoms in total. The fraction of sp³-hybridized carbons (Fsp3) is 0.733. The average Bonchev–Trinajstić information content (AvgIpc) is 2.26. The van der Waals surface area contributed by atoms with Gasteiger partial charge in [0.15, 0.2) is 0 Å². The van der Waals surface area contributed by atoms with E-state index in [1.165, 1.54) is 0 Å². The lowest BCUT2D eigenvalue weighted by Gasteiger charge is -2.31. The molecule has 0 unspecified atom stereocenters. The average molecular weight is 268 g/mol. The molecule has 0 aliphatic heterocycles. The van der Waals surface area contributed by atoms with Gasteiger partial charge in [-0.1, -0.05) is 12.2 Å². The Labute approximate surface area is 115 Å². The van der Waals surface area contributed by atoms with Crippen LogP contribution in [-0.4, -0.2) is 24.1 Å². The Morgan fingerprint density at radius 2 is 1.89 bits per heavy atom. The van der Waals surface area contributed by atoms with Gasteiger partial charge in [-0.05, 0) is 47.0 Å². The summed E-state index contributed by atoms with van der Waals surface area (Å²) in [7, 11) is 0. The largest absolute Gasteiger partial charge is 0.466 e. The van der Waals surface area contributed by atoms with Crippen molar-refractivity contribution in [3.8, 4) is 0 Å². The topological polar surface area (TPSA) is 52.6 Å². The lowest BCUT2D eigenvalue weighted by Crippen LogP contribution is -2.38. The van der Waals surface area contributed by atoms with Crippen molar-refractivity contribution in [3.05, 3.63) is 12.2 Å². The minimum atomic E-state index is -0.547. The van der Waals surface area contributed by atoms with Crippen LogP contribution in [0.2, 0.25) is 0 Å². The third-order valence-corrected chi connectivity index (χ3v) is 3.10. The quantitative estimate of drug-likeness (QED) is 0.583. The van der Waals surface area contributed by atoms with Crippen molar-refractivity contribution in [2.45, 2.75) is 52.6 Å². The highest BCUT2D eigenvalue weighted by Gasteiger charge is 2.40. The van der Waals surface area contributed by atoms with E-state index in [0.717, 1.165) is 12.0 Å². The Kier molecular flexibility index (Phi) is 5.15. The van der Waals surface area contributed by atoms with Gasteiger partial charge < -0.3 is 9.47 Å². The van der Waals surface area contributed by atoms with Crippen molar-refractivity contribution >= 4 is 11.9 Å². The van der Waals surface area contributed by atoms with Crippen molar-refractivity contribution in [2.24, 2.45) is 11.8 Å². The minimum Gasteiger partial charge on any atom is -0.466 e. The third kappa shape index (κ3) is 4.69. The number of hydrogen-bond acceptors (Lipinski definition) is 4. The molecular weight excluding hydrogens is 244 g/mol. The Morgan fingerprint density at radius 1 is 1.26 bits per heavy atom. The molecule has 0 aromatic carbocycles. The lowest BCUT2D eigenvalue weighted by atomic mass is 9.77. The number of carbonyl (C=O) groups is 2. The van der Waals surface area contributed by atoms with E-state index in [4.69, 9.17) is 9.47 Å². The van der Waals surface area contributed by atoms with Gasteiger partial charge in [0.05, 0.1) is 18.4 Å². The fourth-order valence-corrected chi connectivity index (χ4v) is 2.27. The zero-order valence-electron chi connectivity index (χ0n) is 12.3. The molecule has 108 valence electrons. The molecule has 4 heteroatoms. The summed E-state index contributed by atoms with van der Waals surface area (Å²) in [6.07, 6.45) is 1.89. The molecular formula is C15H24O4. The first kappa shape index (κ1) is 15.7. The Balaban J connectivity index is 2.81. The van der Waals surface area contributed by atoms with E-state index in [1.807, 2.05) is 20.8 Å². The van der Waals surface area contributed by atoms with E-state index in [9.17, 15) is 9.59 Å². The third-order valence-electron chi connectivity index (χ3n) is 3.10. The van der Waals surface area contributed by atoms with Gasteiger partial charge in [0.2, 0.25) is 0 Å². The summed E-state index contributed by atoms with van der Waals surface area (Å²) in [4.78, 5) is 24.1. The van der Waals surface area contributed by atoms with Crippen LogP contribution in [0, 0.1) is 11.8 Å². The summed E-state index contributed by atoms with van der Waals surface area (Å²) >= 11 is 0. The Bertz CT molecular complexity index is 365. The molecule has 1 rings (SSSR count). The summed E-state index contributed by atoms with van der Waals surface area (Å²) in [5.41, 5.74) is 0.450. The van der Waals surface area contributed by atoms with Gasteiger partial charge in [0.25, 0.3) is 0 Å². The fourth-order valence-electron chi connectivity index (χ4n) is 2.27. The number of esters is 2. The van der Waals surface area contributed by atoms with Crippen LogP contribution in [0.25, 0.3) is 0 Å². The molecule has 1 aliphatic carbocycles. The number of rotatable bonds is 3. The first-order chi connectivity index (χ1) is 8.74. The van der Waals surface area contributed by atoms with E-state index in [-0.39, 0.29) is 11.9 Å². The highest BCUT2D eigenvalue weighted by atomic mass is 16.6. The van der Waals surface area contributed by atoms with Crippen molar-refractivity contribution in [1.82, 2.24) is 0 Å². The molecule has 0 amide bonds. The molecule has 0 heterocycles. The van der Waals surface area contributed by atoms with Crippen LogP contribution in [0.5, 0.6) is 0 Å². The standard InChI is InChI=1S/C15H24O4/c1-6-18-13(16)11-8-7-10(2)9-12(11)14(17)19-15(3,4)5/h11-12H,2,6-9H2,1,3-5H3/t11-,12-/m0/s1. The second kappa shape index (κ2) is 6.22. The zero-order chi connectivity index (χ0) is 14.6. The molecule has 0 spiro atoms. The maximum atomic E-state index is 12.2. The van der Waals surface area contributed by atoms with Crippen molar-refractivity contribution in [2.75, 3.05) is 6.61 Å². The SMILES string of the molecule is C=C1CC[C@H](C(=O)OCC)[C@@H](C(=O)OC(C)(C)C)C1. The predicted molar refractivity (Wildman–Crippen MR) is 72.4 cm³/mol. The van der Waals surface area contributed by atoms with Crippen LogP contribution in [0.1, 0.15) is 47.0 Å². The molecule has 1 fully saturated rings. The van der Waals surface area contributed by atoms with Gasteiger partial charge >= 0.3 is 11.9 Å². The van der Waals surface area contributed by atoms with Crippen LogP contribution in [0.4, 0.5) is 0 Å². The molecule has 0 bridgehead atoms. The molecule has 2 atom stereocenters. The van der Waals surface area contributed by atoms with Gasteiger partial charge in [-0.25, -0.2) is 0 Å². The molecule has 0 aromatic heterocycles. The van der Waals surface area contributed by atoms with Gasteiger partial charge in [-0.3, -0.25) is 9.59 Å². The number of ether oxygens (including phenoxy) is 2. The van der Waals surface area contributed by atoms with Crippen LogP contribution in [0.3, 0.4) is 0 Å². The monoisotopic (exact) mass is 268 g/mol. The van der Waals surface area contributed by atoms with Crippen molar-refractivity contribution in [3.63, 3.8) is 0 Å². The molecule has 0 radical (unpaired) electrons. The first-order valence-corrected chi connectivity index (χ1v) is 6.80. The first-order valence-electron chi connectivity index (χ1n) is 6.80. The van der Waals surface area contributed by atoms with E-state index in [1.54, 1.807) is 6.92 Å². The smallest absolute Gasteiger partial charge is 0.310 e. The van der Waals surface area contributed by atoms with Crippen LogP contribution in [0.15, 0.2) is 12.2 Å². The number of carbonyl (C=O) groups excluding carboxylic acids is 2. The zero-order valence-corrected chi connectivity index (χ0v) is 12.3. The van der Waals surface area contributed by atoms with Crippen molar-refractivity contribution in [1.29, 1.82) is 0 Å². The van der Waals surface area contributed by atoms with E-state index >= 15 is 0 Å². The van der Waals surface area contributed by atoms with E-state index < -0.39 is 17.4 Å². The number of allylic oxidation sites excluding steroid dienone is 1. The lowest BCUT2D eigenvalue weighted by molar-refractivity contribution is -0.169. The number of hydrogen-bond donors (Lipinski definition) is 0. The van der Waals surface area contributed by atoms with Crippen LogP contribution < -0.4 is 0 Å². The summed E-state index contributed by atoms with van der Waals surface area (Å²) in [6, 6.07) is 0. The summed E-state index contributed by atoms with van der Waals surface area (Å²) in [6.45, 7) is 11.5. The van der Waals surface area contributed by atoms with Gasteiger partial charge in [0.1, 0.15) is 5.60 Å². The van der Waals surface area contributed by atoms with Crippen molar-refractivity contribution < 1.29 is 19.1 Å². The Hall–Kier alpha value is -1.32. The van der Waals surface area contributed by atoms with Gasteiger partial charge in [-0.15, -0.1) is 0 Å². The van der Waals surface area contributed by atoms with E-state index in [2.05, 4.69) is 6.58 Å². The maximum Gasteiger partial charge on any atom is 0.310 e. The van der Waals surface area contributed by atoms with Gasteiger partial charge in [0, 0.05) is 0 Å².